The summed E-state index contributed by atoms with van der Waals surface area (Å²) in [5.41, 5.74) is 4.62. The number of nitrogens with zero attached hydrogens (tertiary/aromatic N) is 1. The first kappa shape index (κ1) is 34.5. The molecule has 3 N–H and O–H groups in total. The van der Waals surface area contributed by atoms with Crippen LogP contribution in [0.15, 0.2) is 106 Å². The zero-order valence-corrected chi connectivity index (χ0v) is 29.5. The van der Waals surface area contributed by atoms with E-state index in [2.05, 4.69) is 28.9 Å². The molecule has 0 unspecified atom stereocenters. The van der Waals surface area contributed by atoms with Gasteiger partial charge in [0.05, 0.1) is 10.8 Å². The minimum Gasteiger partial charge on any atom is -0.457 e. The molecule has 6 rings (SSSR count). The quantitative estimate of drug-likeness (QED) is 0.0988. The van der Waals surface area contributed by atoms with Crippen LogP contribution in [0.5, 0.6) is 0 Å². The second-order valence-corrected chi connectivity index (χ2v) is 14.9. The van der Waals surface area contributed by atoms with E-state index in [1.165, 1.54) is 34.1 Å². The van der Waals surface area contributed by atoms with E-state index in [0.29, 0.717) is 39.3 Å². The third-order valence-corrected chi connectivity index (χ3v) is 10.7. The first-order valence-corrected chi connectivity index (χ1v) is 18.0. The van der Waals surface area contributed by atoms with Gasteiger partial charge in [-0.3, -0.25) is 14.4 Å². The van der Waals surface area contributed by atoms with Gasteiger partial charge in [0.2, 0.25) is 5.91 Å². The number of thioether (sulfide) groups is 1. The summed E-state index contributed by atoms with van der Waals surface area (Å²) in [7, 11) is 0. The number of thiophene rings is 1. The highest BCUT2D eigenvalue weighted by Gasteiger charge is 2.26. The van der Waals surface area contributed by atoms with E-state index >= 15 is 0 Å². The summed E-state index contributed by atoms with van der Waals surface area (Å²) in [5.74, 6) is 0.464. The summed E-state index contributed by atoms with van der Waals surface area (Å²) in [6.45, 7) is 6.05. The lowest BCUT2D eigenvalue weighted by Crippen LogP contribution is -2.30. The van der Waals surface area contributed by atoms with Gasteiger partial charge in [0, 0.05) is 32.7 Å². The van der Waals surface area contributed by atoms with Crippen molar-refractivity contribution < 1.29 is 18.8 Å². The molecule has 3 aromatic carbocycles. The summed E-state index contributed by atoms with van der Waals surface area (Å²) >= 11 is 2.89. The van der Waals surface area contributed by atoms with Crippen LogP contribution < -0.4 is 16.0 Å². The highest BCUT2D eigenvalue weighted by atomic mass is 32.2. The van der Waals surface area contributed by atoms with Gasteiger partial charge in [-0.05, 0) is 93.1 Å². The molecule has 252 valence electrons. The fourth-order valence-corrected chi connectivity index (χ4v) is 7.86. The number of carbonyl (C=O) groups is 3. The highest BCUT2D eigenvalue weighted by Crippen LogP contribution is 2.39. The average Bonchev–Trinajstić information content (AvgIpc) is 3.73. The lowest BCUT2D eigenvalue weighted by Gasteiger charge is -2.17. The number of rotatable bonds is 10. The molecular formula is C40H36N4O4S2. The van der Waals surface area contributed by atoms with Crippen LogP contribution in [0.1, 0.15) is 58.0 Å². The molecule has 2 heterocycles. The SMILES string of the molecule is Cc1ccc(-c2ccc(/C=C(\NC(=O)c3ccccc3)C(=O)Nc3ccc(S[C@H](C)C(=O)Nc4sc5c(c4C#N)CC[C@H](C)C5)cc3)o2)cc1. The lowest BCUT2D eigenvalue weighted by atomic mass is 9.89. The number of fused-ring (bicyclic) bond motifs is 1. The van der Waals surface area contributed by atoms with Crippen molar-refractivity contribution in [2.75, 3.05) is 10.6 Å². The van der Waals surface area contributed by atoms with Gasteiger partial charge in [0.1, 0.15) is 28.3 Å². The van der Waals surface area contributed by atoms with Gasteiger partial charge in [0.25, 0.3) is 11.8 Å². The third-order valence-electron chi connectivity index (χ3n) is 8.43. The topological polar surface area (TPSA) is 124 Å². The second kappa shape index (κ2) is 15.5. The van der Waals surface area contributed by atoms with E-state index in [9.17, 15) is 19.6 Å². The van der Waals surface area contributed by atoms with Crippen LogP contribution >= 0.6 is 23.1 Å². The molecule has 0 radical (unpaired) electrons. The number of anilines is 2. The molecule has 1 aliphatic carbocycles. The fraction of sp³-hybridized carbons (Fsp3) is 0.200. The van der Waals surface area contributed by atoms with Crippen LogP contribution in [-0.4, -0.2) is 23.0 Å². The third kappa shape index (κ3) is 8.25. The van der Waals surface area contributed by atoms with E-state index in [-0.39, 0.29) is 11.6 Å². The van der Waals surface area contributed by atoms with Crippen molar-refractivity contribution in [1.82, 2.24) is 5.32 Å². The first-order valence-electron chi connectivity index (χ1n) is 16.4. The predicted octanol–water partition coefficient (Wildman–Crippen LogP) is 8.84. The summed E-state index contributed by atoms with van der Waals surface area (Å²) in [4.78, 5) is 41.8. The normalized spacial score (nSPS) is 14.6. The maximum atomic E-state index is 13.6. The second-order valence-electron chi connectivity index (χ2n) is 12.3. The molecule has 8 nitrogen and oxygen atoms in total. The van der Waals surface area contributed by atoms with E-state index in [1.54, 1.807) is 42.5 Å². The molecule has 1 aliphatic rings. The van der Waals surface area contributed by atoms with Crippen LogP contribution in [-0.2, 0) is 22.4 Å². The number of hydrogen-bond acceptors (Lipinski definition) is 7. The van der Waals surface area contributed by atoms with Gasteiger partial charge in [-0.25, -0.2) is 0 Å². The number of aryl methyl sites for hydroxylation is 1. The Labute approximate surface area is 299 Å². The van der Waals surface area contributed by atoms with Gasteiger partial charge < -0.3 is 20.4 Å². The molecule has 50 heavy (non-hydrogen) atoms. The predicted molar refractivity (Wildman–Crippen MR) is 200 cm³/mol. The molecule has 0 saturated carbocycles. The summed E-state index contributed by atoms with van der Waals surface area (Å²) < 4.78 is 6.02. The van der Waals surface area contributed by atoms with Crippen LogP contribution in [0, 0.1) is 24.2 Å². The van der Waals surface area contributed by atoms with E-state index < -0.39 is 17.1 Å². The molecule has 3 amide bonds. The molecule has 10 heteroatoms. The van der Waals surface area contributed by atoms with Crippen molar-refractivity contribution in [2.24, 2.45) is 5.92 Å². The minimum absolute atomic E-state index is 0.00820. The van der Waals surface area contributed by atoms with E-state index in [4.69, 9.17) is 4.42 Å². The summed E-state index contributed by atoms with van der Waals surface area (Å²) in [6, 6.07) is 29.6. The minimum atomic E-state index is -0.531. The van der Waals surface area contributed by atoms with Gasteiger partial charge in [-0.15, -0.1) is 23.1 Å². The van der Waals surface area contributed by atoms with Crippen molar-refractivity contribution in [3.8, 4) is 17.4 Å². The number of amides is 3. The highest BCUT2D eigenvalue weighted by molar-refractivity contribution is 8.00. The lowest BCUT2D eigenvalue weighted by molar-refractivity contribution is -0.115. The van der Waals surface area contributed by atoms with Crippen LogP contribution in [0.2, 0.25) is 0 Å². The van der Waals surface area contributed by atoms with Gasteiger partial charge in [-0.2, -0.15) is 5.26 Å². The molecule has 2 aromatic heterocycles. The zero-order chi connectivity index (χ0) is 35.2. The van der Waals surface area contributed by atoms with Crippen molar-refractivity contribution >= 4 is 57.6 Å². The Morgan fingerprint density at radius 1 is 0.980 bits per heavy atom. The monoisotopic (exact) mass is 700 g/mol. The summed E-state index contributed by atoms with van der Waals surface area (Å²) in [5, 5.41) is 18.6. The van der Waals surface area contributed by atoms with Gasteiger partial charge in [0.15, 0.2) is 0 Å². The maximum absolute atomic E-state index is 13.6. The van der Waals surface area contributed by atoms with Crippen molar-refractivity contribution in [1.29, 1.82) is 5.26 Å². The Hall–Kier alpha value is -5.37. The molecule has 0 saturated heterocycles. The molecule has 2 atom stereocenters. The van der Waals surface area contributed by atoms with Crippen molar-refractivity contribution in [3.63, 3.8) is 0 Å². The standard InChI is InChI=1S/C40H36N4O4S2/c1-24-9-12-27(13-10-24)35-20-16-30(48-35)22-34(43-38(46)28-7-5-4-6-8-28)39(47)42-29-14-17-31(18-15-29)49-26(3)37(45)44-40-33(23-41)32-19-11-25(2)21-36(32)50-40/h4-10,12-18,20,22,25-26H,11,19,21H2,1-3H3,(H,42,47)(H,43,46)(H,44,45)/b34-22-/t25-,26+/m0/s1. The number of furan rings is 1. The van der Waals surface area contributed by atoms with Crippen LogP contribution in [0.4, 0.5) is 10.7 Å². The summed E-state index contributed by atoms with van der Waals surface area (Å²) in [6.07, 6.45) is 4.36. The largest absolute Gasteiger partial charge is 0.457 e. The zero-order valence-electron chi connectivity index (χ0n) is 27.9. The Morgan fingerprint density at radius 2 is 1.72 bits per heavy atom. The van der Waals surface area contributed by atoms with Crippen molar-refractivity contribution in [2.45, 2.75) is 50.2 Å². The number of hydrogen-bond donors (Lipinski definition) is 3. The van der Waals surface area contributed by atoms with Crippen LogP contribution in [0.25, 0.3) is 17.4 Å². The molecule has 0 aliphatic heterocycles. The average molecular weight is 701 g/mol. The number of carbonyl (C=O) groups excluding carboxylic acids is 3. The number of nitriles is 1. The molecule has 0 spiro atoms. The number of benzene rings is 3. The fourth-order valence-electron chi connectivity index (χ4n) is 5.63. The van der Waals surface area contributed by atoms with E-state index in [0.717, 1.165) is 40.8 Å². The Bertz CT molecular complexity index is 2090. The Kier molecular flexibility index (Phi) is 10.7. The Balaban J connectivity index is 1.13. The van der Waals surface area contributed by atoms with E-state index in [1.807, 2.05) is 62.4 Å². The molecular weight excluding hydrogens is 665 g/mol. The van der Waals surface area contributed by atoms with Gasteiger partial charge >= 0.3 is 0 Å². The first-order chi connectivity index (χ1) is 24.2. The van der Waals surface area contributed by atoms with Crippen molar-refractivity contribution in [3.05, 3.63) is 130 Å². The number of nitrogens with one attached hydrogen (secondary N) is 3. The Morgan fingerprint density at radius 3 is 2.44 bits per heavy atom. The molecule has 5 aromatic rings. The van der Waals surface area contributed by atoms with Gasteiger partial charge in [-0.1, -0.05) is 55.0 Å². The smallest absolute Gasteiger partial charge is 0.272 e. The molecule has 0 bridgehead atoms. The molecule has 0 fully saturated rings. The van der Waals surface area contributed by atoms with Crippen LogP contribution in [0.3, 0.4) is 0 Å². The maximum Gasteiger partial charge on any atom is 0.272 e.